The van der Waals surface area contributed by atoms with Crippen LogP contribution >= 0.6 is 11.6 Å². The average Bonchev–Trinajstić information content (AvgIpc) is 2.42. The van der Waals surface area contributed by atoms with E-state index in [-0.39, 0.29) is 5.84 Å². The molecular formula is C15H25ClN4O. The second kappa shape index (κ2) is 8.10. The Morgan fingerprint density at radius 2 is 2.00 bits per heavy atom. The maximum absolute atomic E-state index is 8.74. The summed E-state index contributed by atoms with van der Waals surface area (Å²) in [5.41, 5.74) is 7.18. The Kier molecular flexibility index (Phi) is 6.78. The zero-order valence-electron chi connectivity index (χ0n) is 13.2. The molecule has 1 rings (SSSR count). The smallest absolute Gasteiger partial charge is 0.171 e. The molecule has 5 nitrogen and oxygen atoms in total. The highest BCUT2D eigenvalue weighted by Crippen LogP contribution is 2.24. The number of amidine groups is 1. The summed E-state index contributed by atoms with van der Waals surface area (Å²) >= 11 is 6.24. The van der Waals surface area contributed by atoms with Crippen molar-refractivity contribution in [2.24, 2.45) is 16.8 Å². The lowest BCUT2D eigenvalue weighted by molar-refractivity contribution is 0.318. The van der Waals surface area contributed by atoms with Gasteiger partial charge in [-0.2, -0.15) is 0 Å². The Hall–Kier alpha value is -1.46. The van der Waals surface area contributed by atoms with Crippen LogP contribution in [0.4, 0.5) is 5.69 Å². The molecule has 0 bridgehead atoms. The van der Waals surface area contributed by atoms with Crippen LogP contribution in [0.1, 0.15) is 19.4 Å². The number of nitrogens with zero attached hydrogens (tertiary/aromatic N) is 3. The quantitative estimate of drug-likeness (QED) is 0.351. The summed E-state index contributed by atoms with van der Waals surface area (Å²) in [6.45, 7) is 7.22. The van der Waals surface area contributed by atoms with E-state index in [0.29, 0.717) is 16.5 Å². The lowest BCUT2D eigenvalue weighted by atomic mass is 10.1. The standard InChI is InChI=1S/C15H25ClN4O/c1-11(2)10-20(8-7-19(3)4)12-5-6-13(14(16)9-12)15(17)18-21/h5-6,9,11,21H,7-8,10H2,1-4H3,(H2,17,18). The van der Waals surface area contributed by atoms with Crippen molar-refractivity contribution < 1.29 is 5.21 Å². The molecule has 118 valence electrons. The van der Waals surface area contributed by atoms with Crippen molar-refractivity contribution in [2.75, 3.05) is 38.6 Å². The number of hydrogen-bond donors (Lipinski definition) is 2. The molecule has 0 heterocycles. The zero-order valence-corrected chi connectivity index (χ0v) is 13.9. The number of oxime groups is 1. The van der Waals surface area contributed by atoms with Gasteiger partial charge in [0.25, 0.3) is 0 Å². The highest BCUT2D eigenvalue weighted by molar-refractivity contribution is 6.34. The molecule has 0 aliphatic heterocycles. The minimum atomic E-state index is 0.0234. The number of nitrogens with two attached hydrogens (primary N) is 1. The van der Waals surface area contributed by atoms with Gasteiger partial charge in [0.15, 0.2) is 5.84 Å². The molecule has 3 N–H and O–H groups in total. The van der Waals surface area contributed by atoms with Crippen molar-refractivity contribution in [3.63, 3.8) is 0 Å². The summed E-state index contributed by atoms with van der Waals surface area (Å²) in [5.74, 6) is 0.574. The van der Waals surface area contributed by atoms with Crippen molar-refractivity contribution >= 4 is 23.1 Å². The van der Waals surface area contributed by atoms with Crippen LogP contribution in [0.5, 0.6) is 0 Å². The molecule has 0 atom stereocenters. The van der Waals surface area contributed by atoms with Crippen LogP contribution in [0, 0.1) is 5.92 Å². The van der Waals surface area contributed by atoms with Crippen molar-refractivity contribution in [2.45, 2.75) is 13.8 Å². The van der Waals surface area contributed by atoms with Gasteiger partial charge >= 0.3 is 0 Å². The van der Waals surface area contributed by atoms with E-state index in [2.05, 4.69) is 42.9 Å². The lowest BCUT2D eigenvalue weighted by Gasteiger charge is -2.28. The van der Waals surface area contributed by atoms with E-state index in [1.807, 2.05) is 12.1 Å². The molecule has 1 aromatic carbocycles. The van der Waals surface area contributed by atoms with Crippen molar-refractivity contribution in [1.29, 1.82) is 0 Å². The van der Waals surface area contributed by atoms with Gasteiger partial charge in [-0.3, -0.25) is 0 Å². The van der Waals surface area contributed by atoms with E-state index < -0.39 is 0 Å². The van der Waals surface area contributed by atoms with Gasteiger partial charge < -0.3 is 20.7 Å². The molecule has 0 fully saturated rings. The highest BCUT2D eigenvalue weighted by atomic mass is 35.5. The van der Waals surface area contributed by atoms with Gasteiger partial charge in [-0.15, -0.1) is 0 Å². The SMILES string of the molecule is CC(C)CN(CCN(C)C)c1ccc(C(N)=NO)c(Cl)c1. The predicted octanol–water partition coefficient (Wildman–Crippen LogP) is 2.46. The minimum Gasteiger partial charge on any atom is -0.409 e. The predicted molar refractivity (Wildman–Crippen MR) is 89.6 cm³/mol. The molecule has 0 radical (unpaired) electrons. The largest absolute Gasteiger partial charge is 0.409 e. The molecule has 0 unspecified atom stereocenters. The maximum atomic E-state index is 8.74. The van der Waals surface area contributed by atoms with Crippen LogP contribution in [0.2, 0.25) is 5.02 Å². The molecule has 0 amide bonds. The third-order valence-electron chi connectivity index (χ3n) is 3.10. The van der Waals surface area contributed by atoms with Crippen LogP contribution in [0.3, 0.4) is 0 Å². The summed E-state index contributed by atoms with van der Waals surface area (Å²) in [6.07, 6.45) is 0. The number of benzene rings is 1. The highest BCUT2D eigenvalue weighted by Gasteiger charge is 2.12. The van der Waals surface area contributed by atoms with E-state index in [1.165, 1.54) is 0 Å². The number of rotatable bonds is 7. The van der Waals surface area contributed by atoms with Crippen molar-refractivity contribution in [3.05, 3.63) is 28.8 Å². The van der Waals surface area contributed by atoms with Crippen LogP contribution in [-0.2, 0) is 0 Å². The van der Waals surface area contributed by atoms with Gasteiger partial charge in [0, 0.05) is 30.9 Å². The first-order chi connectivity index (χ1) is 9.85. The van der Waals surface area contributed by atoms with Gasteiger partial charge in [-0.05, 0) is 38.2 Å². The molecule has 0 saturated carbocycles. The lowest BCUT2D eigenvalue weighted by Crippen LogP contribution is -2.34. The average molecular weight is 313 g/mol. The second-order valence-electron chi connectivity index (χ2n) is 5.79. The fraction of sp³-hybridized carbons (Fsp3) is 0.533. The molecule has 0 aromatic heterocycles. The fourth-order valence-corrected chi connectivity index (χ4v) is 2.32. The molecule has 0 aliphatic rings. The molecule has 0 spiro atoms. The Labute approximate surface area is 132 Å². The van der Waals surface area contributed by atoms with E-state index >= 15 is 0 Å². The Morgan fingerprint density at radius 3 is 2.48 bits per heavy atom. The van der Waals surface area contributed by atoms with E-state index in [0.717, 1.165) is 25.3 Å². The van der Waals surface area contributed by atoms with Gasteiger partial charge in [0.2, 0.25) is 0 Å². The van der Waals surface area contributed by atoms with Crippen LogP contribution in [0.25, 0.3) is 0 Å². The minimum absolute atomic E-state index is 0.0234. The molecule has 1 aromatic rings. The first kappa shape index (κ1) is 17.6. The Morgan fingerprint density at radius 1 is 1.33 bits per heavy atom. The third kappa shape index (κ3) is 5.44. The summed E-state index contributed by atoms with van der Waals surface area (Å²) in [4.78, 5) is 4.45. The number of anilines is 1. The molecule has 0 saturated heterocycles. The van der Waals surface area contributed by atoms with Crippen molar-refractivity contribution in [3.8, 4) is 0 Å². The number of likely N-dealkylation sites (N-methyl/N-ethyl adjacent to an activating group) is 1. The maximum Gasteiger partial charge on any atom is 0.171 e. The first-order valence-corrected chi connectivity index (χ1v) is 7.40. The van der Waals surface area contributed by atoms with Crippen LogP contribution in [-0.4, -0.2) is 49.7 Å². The molecule has 0 aliphatic carbocycles. The van der Waals surface area contributed by atoms with E-state index in [9.17, 15) is 0 Å². The number of hydrogen-bond acceptors (Lipinski definition) is 4. The van der Waals surface area contributed by atoms with Gasteiger partial charge in [0.1, 0.15) is 0 Å². The van der Waals surface area contributed by atoms with Crippen molar-refractivity contribution in [1.82, 2.24) is 4.90 Å². The summed E-state index contributed by atoms with van der Waals surface area (Å²) in [7, 11) is 4.12. The second-order valence-corrected chi connectivity index (χ2v) is 6.20. The van der Waals surface area contributed by atoms with Crippen LogP contribution < -0.4 is 10.6 Å². The zero-order chi connectivity index (χ0) is 16.0. The van der Waals surface area contributed by atoms with Gasteiger partial charge in [-0.25, -0.2) is 0 Å². The Bertz CT molecular complexity index is 489. The summed E-state index contributed by atoms with van der Waals surface area (Å²) < 4.78 is 0. The third-order valence-corrected chi connectivity index (χ3v) is 3.42. The molecule has 21 heavy (non-hydrogen) atoms. The number of halogens is 1. The fourth-order valence-electron chi connectivity index (χ4n) is 2.05. The summed E-state index contributed by atoms with van der Waals surface area (Å²) in [6, 6.07) is 5.61. The summed E-state index contributed by atoms with van der Waals surface area (Å²) in [5, 5.41) is 12.2. The molecular weight excluding hydrogens is 288 g/mol. The first-order valence-electron chi connectivity index (χ1n) is 7.02. The van der Waals surface area contributed by atoms with Gasteiger partial charge in [0.05, 0.1) is 5.02 Å². The normalized spacial score (nSPS) is 12.2. The monoisotopic (exact) mass is 312 g/mol. The van der Waals surface area contributed by atoms with Gasteiger partial charge in [-0.1, -0.05) is 30.6 Å². The van der Waals surface area contributed by atoms with E-state index in [4.69, 9.17) is 22.5 Å². The van der Waals surface area contributed by atoms with E-state index in [1.54, 1.807) is 6.07 Å². The molecule has 6 heteroatoms. The van der Waals surface area contributed by atoms with Crippen LogP contribution in [0.15, 0.2) is 23.4 Å². The topological polar surface area (TPSA) is 65.1 Å². The Balaban J connectivity index is 2.99.